The molecular formula is C37H40F6N4O9. The SMILES string of the molecule is CCCCOCCOc1nn(-c2ccc(OC(F)(F)F)cc2)c(=O)o1.O=c1oc(OCCCCCCCc2ccccc2)nn1-c1ccc(OC(F)(F)F)cc1. The largest absolute Gasteiger partial charge is 0.573 e. The Labute approximate surface area is 316 Å². The van der Waals surface area contributed by atoms with E-state index in [1.807, 2.05) is 25.1 Å². The van der Waals surface area contributed by atoms with E-state index < -0.39 is 35.7 Å². The fourth-order valence-electron chi connectivity index (χ4n) is 4.84. The van der Waals surface area contributed by atoms with Gasteiger partial charge >= 0.3 is 36.4 Å². The number of unbranched alkanes of at least 4 members (excludes halogenated alkanes) is 5. The molecule has 0 atom stereocenters. The predicted molar refractivity (Wildman–Crippen MR) is 188 cm³/mol. The maximum Gasteiger partial charge on any atom is 0.573 e. The highest BCUT2D eigenvalue weighted by molar-refractivity contribution is 5.37. The van der Waals surface area contributed by atoms with Crippen molar-refractivity contribution in [1.82, 2.24) is 19.6 Å². The average molecular weight is 799 g/mol. The summed E-state index contributed by atoms with van der Waals surface area (Å²) in [5.41, 5.74) is 1.79. The lowest BCUT2D eigenvalue weighted by Crippen LogP contribution is -2.17. The fourth-order valence-corrected chi connectivity index (χ4v) is 4.84. The van der Waals surface area contributed by atoms with Gasteiger partial charge in [0.1, 0.15) is 18.1 Å². The smallest absolute Gasteiger partial charge is 0.449 e. The quantitative estimate of drug-likeness (QED) is 0.0555. The zero-order valence-corrected chi connectivity index (χ0v) is 30.2. The van der Waals surface area contributed by atoms with E-state index in [4.69, 9.17) is 23.0 Å². The molecule has 13 nitrogen and oxygen atoms in total. The van der Waals surface area contributed by atoms with Crippen molar-refractivity contribution in [1.29, 1.82) is 0 Å². The van der Waals surface area contributed by atoms with E-state index >= 15 is 0 Å². The molecule has 19 heteroatoms. The zero-order valence-electron chi connectivity index (χ0n) is 30.2. The maximum atomic E-state index is 12.2. The van der Waals surface area contributed by atoms with Gasteiger partial charge in [0, 0.05) is 6.61 Å². The van der Waals surface area contributed by atoms with Crippen LogP contribution >= 0.6 is 0 Å². The molecule has 2 heterocycles. The second-order valence-corrected chi connectivity index (χ2v) is 11.8. The first-order chi connectivity index (χ1) is 26.8. The summed E-state index contributed by atoms with van der Waals surface area (Å²) in [7, 11) is 0. The van der Waals surface area contributed by atoms with Crippen LogP contribution in [-0.4, -0.2) is 58.7 Å². The first-order valence-corrected chi connectivity index (χ1v) is 17.6. The summed E-state index contributed by atoms with van der Waals surface area (Å²) in [6.45, 7) is 3.49. The van der Waals surface area contributed by atoms with Crippen LogP contribution in [0.25, 0.3) is 11.4 Å². The molecule has 0 saturated carbocycles. The molecule has 0 spiro atoms. The molecule has 0 amide bonds. The summed E-state index contributed by atoms with van der Waals surface area (Å²) in [6.07, 6.45) is -1.82. The molecular weight excluding hydrogens is 758 g/mol. The van der Waals surface area contributed by atoms with Gasteiger partial charge in [0.05, 0.1) is 24.6 Å². The number of hydrogen-bond acceptors (Lipinski definition) is 11. The molecule has 0 unspecified atom stereocenters. The molecule has 0 saturated heterocycles. The molecule has 0 aliphatic rings. The molecule has 0 aliphatic carbocycles. The van der Waals surface area contributed by atoms with Gasteiger partial charge in [-0.25, -0.2) is 9.59 Å². The van der Waals surface area contributed by atoms with E-state index in [1.54, 1.807) is 0 Å². The molecule has 56 heavy (non-hydrogen) atoms. The van der Waals surface area contributed by atoms with Crippen molar-refractivity contribution in [3.63, 3.8) is 0 Å². The van der Waals surface area contributed by atoms with Gasteiger partial charge in [-0.2, -0.15) is 9.36 Å². The van der Waals surface area contributed by atoms with Crippen LogP contribution in [0.4, 0.5) is 26.3 Å². The van der Waals surface area contributed by atoms with Crippen LogP contribution in [0.1, 0.15) is 57.4 Å². The minimum Gasteiger partial charge on any atom is -0.449 e. The summed E-state index contributed by atoms with van der Waals surface area (Å²) in [5, 5.41) is 7.73. The van der Waals surface area contributed by atoms with Crippen molar-refractivity contribution >= 4 is 0 Å². The normalized spacial score (nSPS) is 11.5. The predicted octanol–water partition coefficient (Wildman–Crippen LogP) is 8.22. The van der Waals surface area contributed by atoms with Crippen molar-refractivity contribution in [3.8, 4) is 35.0 Å². The first-order valence-electron chi connectivity index (χ1n) is 17.6. The molecule has 0 bridgehead atoms. The third kappa shape index (κ3) is 15.6. The molecule has 0 fully saturated rings. The van der Waals surface area contributed by atoms with Crippen molar-refractivity contribution in [2.75, 3.05) is 26.4 Å². The lowest BCUT2D eigenvalue weighted by molar-refractivity contribution is -0.275. The molecule has 5 aromatic rings. The Morgan fingerprint density at radius 3 is 1.55 bits per heavy atom. The minimum absolute atomic E-state index is 0.155. The summed E-state index contributed by atoms with van der Waals surface area (Å²) in [4.78, 5) is 23.7. The van der Waals surface area contributed by atoms with Crippen LogP contribution < -0.4 is 30.5 Å². The van der Waals surface area contributed by atoms with Crippen molar-refractivity contribution in [2.45, 2.75) is 71.0 Å². The maximum absolute atomic E-state index is 12.2. The van der Waals surface area contributed by atoms with Crippen LogP contribution in [0.5, 0.6) is 23.7 Å². The summed E-state index contributed by atoms with van der Waals surface area (Å²) in [5.74, 6) is -2.42. The number of benzene rings is 3. The van der Waals surface area contributed by atoms with Gasteiger partial charge in [-0.15, -0.1) is 26.3 Å². The number of halogens is 6. The number of ether oxygens (including phenoxy) is 5. The molecule has 0 N–H and O–H groups in total. The van der Waals surface area contributed by atoms with E-state index in [1.165, 1.54) is 29.8 Å². The van der Waals surface area contributed by atoms with Crippen molar-refractivity contribution < 1.29 is 58.9 Å². The van der Waals surface area contributed by atoms with Crippen LogP contribution in [0, 0.1) is 0 Å². The van der Waals surface area contributed by atoms with Gasteiger partial charge in [-0.3, -0.25) is 0 Å². The number of aromatic nitrogens is 4. The van der Waals surface area contributed by atoms with E-state index in [0.29, 0.717) is 19.8 Å². The second kappa shape index (κ2) is 21.4. The van der Waals surface area contributed by atoms with Gasteiger partial charge < -0.3 is 32.5 Å². The van der Waals surface area contributed by atoms with Crippen LogP contribution in [0.2, 0.25) is 0 Å². The molecule has 0 aliphatic heterocycles. The van der Waals surface area contributed by atoms with E-state index in [9.17, 15) is 35.9 Å². The van der Waals surface area contributed by atoms with Crippen LogP contribution in [0.3, 0.4) is 0 Å². The van der Waals surface area contributed by atoms with Crippen molar-refractivity contribution in [2.24, 2.45) is 0 Å². The monoisotopic (exact) mass is 798 g/mol. The number of alkyl halides is 6. The Bertz CT molecular complexity index is 1980. The van der Waals surface area contributed by atoms with Gasteiger partial charge in [0.15, 0.2) is 0 Å². The summed E-state index contributed by atoms with van der Waals surface area (Å²) in [6, 6.07) is 19.7. The summed E-state index contributed by atoms with van der Waals surface area (Å²) < 4.78 is 108. The third-order valence-corrected chi connectivity index (χ3v) is 7.46. The van der Waals surface area contributed by atoms with Gasteiger partial charge in [-0.05, 0) is 79.8 Å². The molecule has 2 aromatic heterocycles. The lowest BCUT2D eigenvalue weighted by atomic mass is 10.1. The van der Waals surface area contributed by atoms with Gasteiger partial charge in [0.2, 0.25) is 0 Å². The lowest BCUT2D eigenvalue weighted by Gasteiger charge is -2.08. The molecule has 0 radical (unpaired) electrons. The van der Waals surface area contributed by atoms with Crippen LogP contribution in [0.15, 0.2) is 97.3 Å². The Morgan fingerprint density at radius 2 is 1.05 bits per heavy atom. The van der Waals surface area contributed by atoms with E-state index in [0.717, 1.165) is 85.0 Å². The van der Waals surface area contributed by atoms with E-state index in [-0.39, 0.29) is 30.1 Å². The van der Waals surface area contributed by atoms with Crippen molar-refractivity contribution in [3.05, 3.63) is 106 Å². The summed E-state index contributed by atoms with van der Waals surface area (Å²) >= 11 is 0. The topological polar surface area (TPSA) is 142 Å². The number of nitrogens with zero attached hydrogens (tertiary/aromatic N) is 4. The highest BCUT2D eigenvalue weighted by Gasteiger charge is 2.31. The number of aryl methyl sites for hydroxylation is 1. The highest BCUT2D eigenvalue weighted by atomic mass is 19.4. The highest BCUT2D eigenvalue weighted by Crippen LogP contribution is 2.25. The number of hydrogen-bond donors (Lipinski definition) is 0. The minimum atomic E-state index is -4.79. The van der Waals surface area contributed by atoms with Crippen LogP contribution in [-0.2, 0) is 11.2 Å². The van der Waals surface area contributed by atoms with Gasteiger partial charge in [-0.1, -0.05) is 73.1 Å². The first kappa shape index (κ1) is 43.0. The second-order valence-electron chi connectivity index (χ2n) is 11.8. The molecule has 3 aromatic carbocycles. The van der Waals surface area contributed by atoms with Gasteiger partial charge in [0.25, 0.3) is 0 Å². The van der Waals surface area contributed by atoms with E-state index in [2.05, 4.69) is 31.8 Å². The standard InChI is InChI=1S/C22H23F3N2O4.C15H17F3N2O5/c23-22(24,25)31-19-14-12-18(13-15-19)27-21(28)30-20(26-27)29-16-8-3-1-2-5-9-17-10-6-4-7-11-17;1-2-3-8-22-9-10-23-13-19-20(14(21)24-13)11-4-6-12(7-5-11)25-15(16,17)18/h4,6-7,10-15H,1-3,5,8-9,16H2;4-7H,2-3,8-10H2,1H3. The Hall–Kier alpha value is -5.72. The Balaban J connectivity index is 0.000000255. The molecule has 304 valence electrons. The molecule has 5 rings (SSSR count). The number of rotatable bonds is 20. The Morgan fingerprint density at radius 1 is 0.571 bits per heavy atom. The Kier molecular flexibility index (Phi) is 16.4. The third-order valence-electron chi connectivity index (χ3n) is 7.46. The average Bonchev–Trinajstić information content (AvgIpc) is 3.72. The fraction of sp³-hybridized carbons (Fsp3) is 0.405. The zero-order chi connectivity index (χ0) is 40.4.